The molecule has 0 aromatic heterocycles. The summed E-state index contributed by atoms with van der Waals surface area (Å²) >= 11 is 1.44. The molecule has 18 heavy (non-hydrogen) atoms. The number of para-hydroxylation sites is 1. The molecule has 0 amide bonds. The van der Waals surface area contributed by atoms with Gasteiger partial charge < -0.3 is 5.11 Å². The Labute approximate surface area is 109 Å². The standard InChI is InChI=1S/C14H10FNOS/c15-12-6-5-10(7-11(12)8-16)9-18-14-4-2-1-3-13(14)17/h1-7,17H,9H2. The second-order valence-electron chi connectivity index (χ2n) is 3.68. The van der Waals surface area contributed by atoms with Crippen LogP contribution >= 0.6 is 11.8 Å². The Morgan fingerprint density at radius 2 is 2.00 bits per heavy atom. The molecule has 0 aliphatic rings. The van der Waals surface area contributed by atoms with E-state index in [0.717, 1.165) is 10.5 Å². The first-order chi connectivity index (χ1) is 8.70. The fourth-order valence-corrected chi connectivity index (χ4v) is 2.38. The first-order valence-corrected chi connectivity index (χ1v) is 6.28. The molecule has 2 aromatic carbocycles. The molecular weight excluding hydrogens is 249 g/mol. The summed E-state index contributed by atoms with van der Waals surface area (Å²) in [7, 11) is 0. The van der Waals surface area contributed by atoms with E-state index in [1.165, 1.54) is 23.9 Å². The van der Waals surface area contributed by atoms with Gasteiger partial charge >= 0.3 is 0 Å². The van der Waals surface area contributed by atoms with Crippen LogP contribution in [0.4, 0.5) is 4.39 Å². The maximum Gasteiger partial charge on any atom is 0.140 e. The molecule has 0 unspecified atom stereocenters. The summed E-state index contributed by atoms with van der Waals surface area (Å²) in [5, 5.41) is 18.3. The normalized spacial score (nSPS) is 10.0. The van der Waals surface area contributed by atoms with E-state index >= 15 is 0 Å². The van der Waals surface area contributed by atoms with Crippen molar-refractivity contribution in [3.63, 3.8) is 0 Å². The van der Waals surface area contributed by atoms with Crippen LogP contribution in [0.3, 0.4) is 0 Å². The van der Waals surface area contributed by atoms with Crippen molar-refractivity contribution < 1.29 is 9.50 Å². The third kappa shape index (κ3) is 2.82. The lowest BCUT2D eigenvalue weighted by molar-refractivity contribution is 0.462. The number of nitriles is 1. The minimum atomic E-state index is -0.506. The molecule has 90 valence electrons. The van der Waals surface area contributed by atoms with Gasteiger partial charge in [0.25, 0.3) is 0 Å². The summed E-state index contributed by atoms with van der Waals surface area (Å²) < 4.78 is 13.1. The topological polar surface area (TPSA) is 44.0 Å². The molecule has 0 atom stereocenters. The van der Waals surface area contributed by atoms with Gasteiger partial charge in [0.05, 0.1) is 5.56 Å². The number of hydrogen-bond donors (Lipinski definition) is 1. The molecule has 2 nitrogen and oxygen atoms in total. The number of phenolic OH excluding ortho intramolecular Hbond substituents is 1. The molecule has 0 radical (unpaired) electrons. The highest BCUT2D eigenvalue weighted by molar-refractivity contribution is 7.98. The molecule has 0 saturated carbocycles. The zero-order chi connectivity index (χ0) is 13.0. The third-order valence-corrected chi connectivity index (χ3v) is 3.54. The summed E-state index contributed by atoms with van der Waals surface area (Å²) in [4.78, 5) is 0.764. The Morgan fingerprint density at radius 1 is 1.22 bits per heavy atom. The van der Waals surface area contributed by atoms with Gasteiger partial charge in [0.2, 0.25) is 0 Å². The number of benzene rings is 2. The van der Waals surface area contributed by atoms with Gasteiger partial charge in [-0.3, -0.25) is 0 Å². The Hall–Kier alpha value is -1.99. The summed E-state index contributed by atoms with van der Waals surface area (Å²) in [6.45, 7) is 0. The van der Waals surface area contributed by atoms with Crippen molar-refractivity contribution in [1.82, 2.24) is 0 Å². The number of rotatable bonds is 3. The highest BCUT2D eigenvalue weighted by Gasteiger charge is 2.05. The van der Waals surface area contributed by atoms with Crippen molar-refractivity contribution in [2.75, 3.05) is 0 Å². The van der Waals surface area contributed by atoms with Crippen molar-refractivity contribution in [3.05, 3.63) is 59.4 Å². The lowest BCUT2D eigenvalue weighted by atomic mass is 10.1. The average Bonchev–Trinajstić information content (AvgIpc) is 2.39. The molecule has 2 aromatic rings. The van der Waals surface area contributed by atoms with Crippen LogP contribution in [-0.4, -0.2) is 5.11 Å². The van der Waals surface area contributed by atoms with E-state index < -0.39 is 5.82 Å². The largest absolute Gasteiger partial charge is 0.507 e. The minimum absolute atomic E-state index is 0.0467. The number of nitrogens with zero attached hydrogens (tertiary/aromatic N) is 1. The van der Waals surface area contributed by atoms with Gasteiger partial charge in [-0.1, -0.05) is 18.2 Å². The van der Waals surface area contributed by atoms with Crippen LogP contribution in [0, 0.1) is 17.1 Å². The molecule has 2 rings (SSSR count). The maximum absolute atomic E-state index is 13.1. The van der Waals surface area contributed by atoms with Crippen LogP contribution in [-0.2, 0) is 5.75 Å². The van der Waals surface area contributed by atoms with Gasteiger partial charge in [0, 0.05) is 10.6 Å². The Kier molecular flexibility index (Phi) is 3.85. The molecule has 0 aliphatic heterocycles. The highest BCUT2D eigenvalue weighted by Crippen LogP contribution is 2.30. The quantitative estimate of drug-likeness (QED) is 0.855. The van der Waals surface area contributed by atoms with E-state index in [4.69, 9.17) is 5.26 Å². The molecule has 0 aliphatic carbocycles. The average molecular weight is 259 g/mol. The van der Waals surface area contributed by atoms with E-state index in [-0.39, 0.29) is 11.3 Å². The monoisotopic (exact) mass is 259 g/mol. The summed E-state index contributed by atoms with van der Waals surface area (Å²) in [6, 6.07) is 13.3. The zero-order valence-electron chi connectivity index (χ0n) is 9.43. The van der Waals surface area contributed by atoms with Crippen LogP contribution in [0.25, 0.3) is 0 Å². The summed E-state index contributed by atoms with van der Waals surface area (Å²) in [5.74, 6) is 0.297. The van der Waals surface area contributed by atoms with E-state index in [1.54, 1.807) is 18.2 Å². The van der Waals surface area contributed by atoms with Crippen LogP contribution in [0.5, 0.6) is 5.75 Å². The van der Waals surface area contributed by atoms with Crippen molar-refractivity contribution in [2.45, 2.75) is 10.6 Å². The summed E-state index contributed by atoms with van der Waals surface area (Å²) in [5.41, 5.74) is 0.895. The van der Waals surface area contributed by atoms with Crippen molar-refractivity contribution in [1.29, 1.82) is 5.26 Å². The third-order valence-electron chi connectivity index (χ3n) is 2.41. The van der Waals surface area contributed by atoms with Gasteiger partial charge in [-0.25, -0.2) is 4.39 Å². The molecule has 1 N–H and O–H groups in total. The Balaban J connectivity index is 2.12. The van der Waals surface area contributed by atoms with Crippen molar-refractivity contribution in [2.24, 2.45) is 0 Å². The number of halogens is 1. The molecule has 0 bridgehead atoms. The fourth-order valence-electron chi connectivity index (χ4n) is 1.49. The van der Waals surface area contributed by atoms with Crippen LogP contribution in [0.2, 0.25) is 0 Å². The molecule has 0 fully saturated rings. The highest BCUT2D eigenvalue weighted by atomic mass is 32.2. The van der Waals surface area contributed by atoms with Gasteiger partial charge in [-0.05, 0) is 29.8 Å². The number of phenols is 1. The minimum Gasteiger partial charge on any atom is -0.507 e. The van der Waals surface area contributed by atoms with E-state index in [1.807, 2.05) is 18.2 Å². The SMILES string of the molecule is N#Cc1cc(CSc2ccccc2O)ccc1F. The maximum atomic E-state index is 13.1. The Bertz CT molecular complexity index is 607. The number of aromatic hydroxyl groups is 1. The first-order valence-electron chi connectivity index (χ1n) is 5.30. The molecule has 0 heterocycles. The number of thioether (sulfide) groups is 1. The van der Waals surface area contributed by atoms with Crippen LogP contribution in [0.15, 0.2) is 47.4 Å². The van der Waals surface area contributed by atoms with Gasteiger partial charge in [-0.2, -0.15) is 5.26 Å². The molecule has 4 heteroatoms. The fraction of sp³-hybridized carbons (Fsp3) is 0.0714. The van der Waals surface area contributed by atoms with Gasteiger partial charge in [0.1, 0.15) is 17.6 Å². The van der Waals surface area contributed by atoms with E-state index in [0.29, 0.717) is 5.75 Å². The van der Waals surface area contributed by atoms with E-state index in [2.05, 4.69) is 0 Å². The first kappa shape index (κ1) is 12.5. The van der Waals surface area contributed by atoms with Crippen molar-refractivity contribution in [3.8, 4) is 11.8 Å². The van der Waals surface area contributed by atoms with Gasteiger partial charge in [0.15, 0.2) is 0 Å². The second-order valence-corrected chi connectivity index (χ2v) is 4.70. The Morgan fingerprint density at radius 3 is 2.72 bits per heavy atom. The second kappa shape index (κ2) is 5.56. The molecule has 0 spiro atoms. The molecule has 0 saturated heterocycles. The van der Waals surface area contributed by atoms with E-state index in [9.17, 15) is 9.50 Å². The molecular formula is C14H10FNOS. The predicted octanol–water partition coefficient (Wildman–Crippen LogP) is 3.70. The van der Waals surface area contributed by atoms with Crippen LogP contribution < -0.4 is 0 Å². The van der Waals surface area contributed by atoms with Crippen LogP contribution in [0.1, 0.15) is 11.1 Å². The number of hydrogen-bond acceptors (Lipinski definition) is 3. The predicted molar refractivity (Wildman–Crippen MR) is 68.8 cm³/mol. The smallest absolute Gasteiger partial charge is 0.140 e. The lowest BCUT2D eigenvalue weighted by Crippen LogP contribution is -1.87. The zero-order valence-corrected chi connectivity index (χ0v) is 10.2. The lowest BCUT2D eigenvalue weighted by Gasteiger charge is -2.04. The van der Waals surface area contributed by atoms with Crippen molar-refractivity contribution >= 4 is 11.8 Å². The van der Waals surface area contributed by atoms with Gasteiger partial charge in [-0.15, -0.1) is 11.8 Å². The summed E-state index contributed by atoms with van der Waals surface area (Å²) in [6.07, 6.45) is 0.